The van der Waals surface area contributed by atoms with E-state index in [9.17, 15) is 4.39 Å². The number of hydrogen-bond acceptors (Lipinski definition) is 3. The van der Waals surface area contributed by atoms with Gasteiger partial charge >= 0.3 is 7.12 Å². The SMILES string of the molecule is Cc1cc(N)c(B2OC(C)(C)C(C)(C)O2)cc1F. The van der Waals surface area contributed by atoms with Crippen molar-refractivity contribution in [2.45, 2.75) is 45.8 Å². The molecule has 1 aliphatic rings. The molecular weight excluding hydrogens is 232 g/mol. The summed E-state index contributed by atoms with van der Waals surface area (Å²) in [6.07, 6.45) is 0. The minimum absolute atomic E-state index is 0.297. The zero-order valence-corrected chi connectivity index (χ0v) is 11.5. The molecule has 1 heterocycles. The standard InChI is InChI=1S/C13H19BFNO2/c1-8-6-11(16)9(7-10(8)15)14-17-12(2,3)13(4,5)18-14/h6-7H,16H2,1-5H3. The Hall–Kier alpha value is -1.07. The predicted molar refractivity (Wildman–Crippen MR) is 71.3 cm³/mol. The van der Waals surface area contributed by atoms with Gasteiger partial charge in [-0.3, -0.25) is 0 Å². The third-order valence-corrected chi connectivity index (χ3v) is 3.87. The second-order valence-corrected chi connectivity index (χ2v) is 5.82. The Bertz CT molecular complexity index is 472. The van der Waals surface area contributed by atoms with E-state index in [1.165, 1.54) is 6.07 Å². The Labute approximate surface area is 108 Å². The summed E-state index contributed by atoms with van der Waals surface area (Å²) in [5, 5.41) is 0. The lowest BCUT2D eigenvalue weighted by Gasteiger charge is -2.32. The van der Waals surface area contributed by atoms with Crippen LogP contribution in [0.2, 0.25) is 0 Å². The number of rotatable bonds is 1. The Morgan fingerprint density at radius 3 is 2.11 bits per heavy atom. The molecule has 5 heteroatoms. The summed E-state index contributed by atoms with van der Waals surface area (Å²) in [5.74, 6) is -0.297. The lowest BCUT2D eigenvalue weighted by atomic mass is 9.77. The van der Waals surface area contributed by atoms with Gasteiger partial charge < -0.3 is 15.0 Å². The first-order chi connectivity index (χ1) is 8.14. The molecule has 0 amide bonds. The molecular formula is C13H19BFNO2. The van der Waals surface area contributed by atoms with Crippen LogP contribution in [0.5, 0.6) is 0 Å². The minimum atomic E-state index is -0.620. The van der Waals surface area contributed by atoms with Crippen molar-refractivity contribution in [3.8, 4) is 0 Å². The smallest absolute Gasteiger partial charge is 0.399 e. The van der Waals surface area contributed by atoms with Crippen molar-refractivity contribution in [1.29, 1.82) is 0 Å². The maximum atomic E-state index is 13.6. The van der Waals surface area contributed by atoms with E-state index in [0.29, 0.717) is 16.7 Å². The van der Waals surface area contributed by atoms with Crippen molar-refractivity contribution >= 4 is 18.3 Å². The molecule has 0 aromatic heterocycles. The van der Waals surface area contributed by atoms with Crippen molar-refractivity contribution < 1.29 is 13.7 Å². The van der Waals surface area contributed by atoms with Gasteiger partial charge in [0.2, 0.25) is 0 Å². The van der Waals surface area contributed by atoms with E-state index in [-0.39, 0.29) is 5.82 Å². The Morgan fingerprint density at radius 1 is 1.11 bits per heavy atom. The summed E-state index contributed by atoms with van der Waals surface area (Å²) in [7, 11) is -0.620. The third kappa shape index (κ3) is 2.02. The Balaban J connectivity index is 2.38. The number of nitrogen functional groups attached to an aromatic ring is 1. The molecule has 0 radical (unpaired) electrons. The maximum Gasteiger partial charge on any atom is 0.497 e. The van der Waals surface area contributed by atoms with Gasteiger partial charge in [-0.25, -0.2) is 4.39 Å². The largest absolute Gasteiger partial charge is 0.497 e. The first-order valence-corrected chi connectivity index (χ1v) is 6.05. The van der Waals surface area contributed by atoms with Gasteiger partial charge in [-0.1, -0.05) is 0 Å². The molecule has 0 aliphatic carbocycles. The number of halogens is 1. The van der Waals surface area contributed by atoms with Crippen LogP contribution in [0.15, 0.2) is 12.1 Å². The molecule has 0 spiro atoms. The Kier molecular flexibility index (Phi) is 2.95. The molecule has 1 aliphatic heterocycles. The number of nitrogens with two attached hydrogens (primary N) is 1. The predicted octanol–water partition coefficient (Wildman–Crippen LogP) is 2.02. The molecule has 98 valence electrons. The molecule has 1 fully saturated rings. The molecule has 2 N–H and O–H groups in total. The van der Waals surface area contributed by atoms with Crippen LogP contribution in [-0.2, 0) is 9.31 Å². The average molecular weight is 251 g/mol. The summed E-state index contributed by atoms with van der Waals surface area (Å²) in [6, 6.07) is 3.00. The van der Waals surface area contributed by atoms with Crippen LogP contribution < -0.4 is 11.2 Å². The van der Waals surface area contributed by atoms with Gasteiger partial charge in [-0.2, -0.15) is 0 Å². The van der Waals surface area contributed by atoms with Crippen LogP contribution in [0.25, 0.3) is 0 Å². The minimum Gasteiger partial charge on any atom is -0.399 e. The van der Waals surface area contributed by atoms with Crippen molar-refractivity contribution in [2.24, 2.45) is 0 Å². The van der Waals surface area contributed by atoms with Crippen molar-refractivity contribution in [1.82, 2.24) is 0 Å². The van der Waals surface area contributed by atoms with Crippen molar-refractivity contribution in [3.63, 3.8) is 0 Å². The normalized spacial score (nSPS) is 21.3. The van der Waals surface area contributed by atoms with Gasteiger partial charge in [0.15, 0.2) is 0 Å². The highest BCUT2D eigenvalue weighted by Crippen LogP contribution is 2.36. The molecule has 3 nitrogen and oxygen atoms in total. The van der Waals surface area contributed by atoms with E-state index in [0.717, 1.165) is 0 Å². The highest BCUT2D eigenvalue weighted by atomic mass is 19.1. The zero-order chi connectivity index (χ0) is 13.7. The molecule has 0 saturated carbocycles. The lowest BCUT2D eigenvalue weighted by molar-refractivity contribution is 0.00578. The van der Waals surface area contributed by atoms with Crippen LogP contribution >= 0.6 is 0 Å². The Morgan fingerprint density at radius 2 is 1.61 bits per heavy atom. The summed E-state index contributed by atoms with van der Waals surface area (Å²) < 4.78 is 25.3. The second kappa shape index (κ2) is 3.97. The fourth-order valence-corrected chi connectivity index (χ4v) is 1.89. The van der Waals surface area contributed by atoms with Crippen LogP contribution in [0, 0.1) is 12.7 Å². The zero-order valence-electron chi connectivity index (χ0n) is 11.5. The van der Waals surface area contributed by atoms with E-state index in [1.54, 1.807) is 13.0 Å². The van der Waals surface area contributed by atoms with Gasteiger partial charge in [0.1, 0.15) is 5.82 Å². The molecule has 0 bridgehead atoms. The number of benzene rings is 1. The van der Waals surface area contributed by atoms with Crippen LogP contribution in [-0.4, -0.2) is 18.3 Å². The van der Waals surface area contributed by atoms with Gasteiger partial charge in [-0.05, 0) is 52.3 Å². The quantitative estimate of drug-likeness (QED) is 0.613. The van der Waals surface area contributed by atoms with Gasteiger partial charge in [0, 0.05) is 11.2 Å². The van der Waals surface area contributed by atoms with E-state index in [4.69, 9.17) is 15.0 Å². The van der Waals surface area contributed by atoms with Gasteiger partial charge in [0.25, 0.3) is 0 Å². The molecule has 1 aromatic carbocycles. The van der Waals surface area contributed by atoms with E-state index >= 15 is 0 Å². The van der Waals surface area contributed by atoms with Gasteiger partial charge in [-0.15, -0.1) is 0 Å². The second-order valence-electron chi connectivity index (χ2n) is 5.82. The third-order valence-electron chi connectivity index (χ3n) is 3.87. The summed E-state index contributed by atoms with van der Waals surface area (Å²) in [4.78, 5) is 0. The first-order valence-electron chi connectivity index (χ1n) is 6.05. The molecule has 18 heavy (non-hydrogen) atoms. The first kappa shape index (κ1) is 13.4. The highest BCUT2D eigenvalue weighted by Gasteiger charge is 2.52. The van der Waals surface area contributed by atoms with Crippen molar-refractivity contribution in [3.05, 3.63) is 23.5 Å². The van der Waals surface area contributed by atoms with Crippen LogP contribution in [0.4, 0.5) is 10.1 Å². The molecule has 1 aromatic rings. The molecule has 2 rings (SSSR count). The highest BCUT2D eigenvalue weighted by molar-refractivity contribution is 6.63. The fraction of sp³-hybridized carbons (Fsp3) is 0.538. The number of anilines is 1. The number of hydrogen-bond donors (Lipinski definition) is 1. The molecule has 0 atom stereocenters. The number of aryl methyl sites for hydroxylation is 1. The monoisotopic (exact) mass is 251 g/mol. The van der Waals surface area contributed by atoms with E-state index in [1.807, 2.05) is 27.7 Å². The van der Waals surface area contributed by atoms with Crippen LogP contribution in [0.1, 0.15) is 33.3 Å². The van der Waals surface area contributed by atoms with Gasteiger partial charge in [0.05, 0.1) is 11.2 Å². The van der Waals surface area contributed by atoms with Crippen molar-refractivity contribution in [2.75, 3.05) is 5.73 Å². The average Bonchev–Trinajstić information content (AvgIpc) is 2.42. The maximum absolute atomic E-state index is 13.6. The van der Waals surface area contributed by atoms with E-state index in [2.05, 4.69) is 0 Å². The van der Waals surface area contributed by atoms with E-state index < -0.39 is 18.3 Å². The molecule has 1 saturated heterocycles. The lowest BCUT2D eigenvalue weighted by Crippen LogP contribution is -2.41. The molecule has 0 unspecified atom stereocenters. The summed E-state index contributed by atoms with van der Waals surface area (Å²) >= 11 is 0. The summed E-state index contributed by atoms with van der Waals surface area (Å²) in [6.45, 7) is 9.49. The summed E-state index contributed by atoms with van der Waals surface area (Å²) in [5.41, 5.74) is 6.58. The fourth-order valence-electron chi connectivity index (χ4n) is 1.89. The van der Waals surface area contributed by atoms with Crippen LogP contribution in [0.3, 0.4) is 0 Å². The topological polar surface area (TPSA) is 44.5 Å².